The van der Waals surface area contributed by atoms with Crippen LogP contribution in [0, 0.1) is 5.41 Å². The van der Waals surface area contributed by atoms with Crippen LogP contribution in [-0.4, -0.2) is 33.3 Å². The van der Waals surface area contributed by atoms with Crippen molar-refractivity contribution in [1.29, 1.82) is 0 Å². The Balaban J connectivity index is 1.79. The number of piperidine rings is 1. The molecule has 0 bridgehead atoms. The highest BCUT2D eigenvalue weighted by atomic mass is 32.2. The lowest BCUT2D eigenvalue weighted by molar-refractivity contribution is 0.219. The number of sulfonamides is 1. The predicted octanol–water partition coefficient (Wildman–Crippen LogP) is 2.02. The van der Waals surface area contributed by atoms with E-state index < -0.39 is 10.0 Å². The molecule has 2 aliphatic rings. The summed E-state index contributed by atoms with van der Waals surface area (Å²) in [7, 11) is -3.13. The third-order valence-electron chi connectivity index (χ3n) is 4.61. The molecule has 2 N–H and O–H groups in total. The molecule has 0 aromatic heterocycles. The van der Waals surface area contributed by atoms with Crippen LogP contribution in [0.15, 0.2) is 0 Å². The summed E-state index contributed by atoms with van der Waals surface area (Å²) in [6.07, 6.45) is 9.37. The van der Waals surface area contributed by atoms with Crippen LogP contribution in [-0.2, 0) is 10.0 Å². The van der Waals surface area contributed by atoms with E-state index in [0.29, 0.717) is 6.54 Å². The highest BCUT2D eigenvalue weighted by Crippen LogP contribution is 2.35. The zero-order valence-electron chi connectivity index (χ0n) is 12.1. The van der Waals surface area contributed by atoms with E-state index in [2.05, 4.69) is 17.0 Å². The monoisotopic (exact) mass is 288 g/mol. The average Bonchev–Trinajstić information content (AvgIpc) is 2.38. The van der Waals surface area contributed by atoms with Crippen LogP contribution >= 0.6 is 0 Å². The largest absolute Gasteiger partial charge is 0.313 e. The van der Waals surface area contributed by atoms with Crippen molar-refractivity contribution in [1.82, 2.24) is 10.0 Å². The number of rotatable bonds is 5. The van der Waals surface area contributed by atoms with Gasteiger partial charge in [0, 0.05) is 12.6 Å². The molecular formula is C14H28N2O2S. The van der Waals surface area contributed by atoms with Gasteiger partial charge in [-0.2, -0.15) is 0 Å². The van der Waals surface area contributed by atoms with Gasteiger partial charge >= 0.3 is 0 Å². The van der Waals surface area contributed by atoms with Crippen LogP contribution < -0.4 is 10.0 Å². The van der Waals surface area contributed by atoms with Crippen LogP contribution in [0.5, 0.6) is 0 Å². The molecule has 1 saturated carbocycles. The maximum absolute atomic E-state index is 12.1. The van der Waals surface area contributed by atoms with E-state index in [1.165, 1.54) is 25.7 Å². The van der Waals surface area contributed by atoms with Crippen molar-refractivity contribution in [3.63, 3.8) is 0 Å². The second kappa shape index (κ2) is 6.55. The van der Waals surface area contributed by atoms with Crippen LogP contribution in [0.2, 0.25) is 0 Å². The van der Waals surface area contributed by atoms with E-state index in [0.717, 1.165) is 32.2 Å². The Bertz CT molecular complexity index is 369. The molecule has 0 radical (unpaired) electrons. The van der Waals surface area contributed by atoms with Gasteiger partial charge in [-0.3, -0.25) is 0 Å². The molecule has 1 unspecified atom stereocenters. The van der Waals surface area contributed by atoms with E-state index in [1.807, 2.05) is 0 Å². The molecule has 4 nitrogen and oxygen atoms in total. The Kier molecular flexibility index (Phi) is 5.26. The predicted molar refractivity (Wildman–Crippen MR) is 78.6 cm³/mol. The summed E-state index contributed by atoms with van der Waals surface area (Å²) in [5.74, 6) is 0.239. The first-order valence-corrected chi connectivity index (χ1v) is 9.35. The summed E-state index contributed by atoms with van der Waals surface area (Å²) in [5, 5.41) is 3.30. The molecule has 1 saturated heterocycles. The molecule has 1 heterocycles. The zero-order chi connectivity index (χ0) is 13.8. The van der Waals surface area contributed by atoms with Gasteiger partial charge in [-0.1, -0.05) is 32.6 Å². The van der Waals surface area contributed by atoms with Gasteiger partial charge in [-0.25, -0.2) is 13.1 Å². The number of hydrogen-bond donors (Lipinski definition) is 2. The molecule has 2 fully saturated rings. The van der Waals surface area contributed by atoms with Crippen molar-refractivity contribution in [3.05, 3.63) is 0 Å². The molecule has 19 heavy (non-hydrogen) atoms. The Morgan fingerprint density at radius 3 is 2.53 bits per heavy atom. The lowest BCUT2D eigenvalue weighted by atomic mass is 9.76. The van der Waals surface area contributed by atoms with Crippen LogP contribution in [0.25, 0.3) is 0 Å². The molecule has 0 aromatic carbocycles. The maximum atomic E-state index is 12.1. The van der Waals surface area contributed by atoms with Gasteiger partial charge in [0.05, 0.1) is 5.75 Å². The van der Waals surface area contributed by atoms with Gasteiger partial charge in [0.25, 0.3) is 0 Å². The lowest BCUT2D eigenvalue weighted by Gasteiger charge is -2.34. The fraction of sp³-hybridized carbons (Fsp3) is 1.00. The van der Waals surface area contributed by atoms with Crippen LogP contribution in [0.3, 0.4) is 0 Å². The Morgan fingerprint density at radius 1 is 1.16 bits per heavy atom. The lowest BCUT2D eigenvalue weighted by Crippen LogP contribution is -2.45. The fourth-order valence-electron chi connectivity index (χ4n) is 3.26. The van der Waals surface area contributed by atoms with Gasteiger partial charge in [0.15, 0.2) is 0 Å². The molecule has 1 atom stereocenters. The summed E-state index contributed by atoms with van der Waals surface area (Å²) in [6.45, 7) is 3.79. The van der Waals surface area contributed by atoms with Gasteiger partial charge in [0.2, 0.25) is 10.0 Å². The summed E-state index contributed by atoms with van der Waals surface area (Å²) < 4.78 is 27.1. The topological polar surface area (TPSA) is 58.2 Å². The quantitative estimate of drug-likeness (QED) is 0.813. The highest BCUT2D eigenvalue weighted by molar-refractivity contribution is 7.89. The second-order valence-electron chi connectivity index (χ2n) is 6.62. The first-order chi connectivity index (χ1) is 8.99. The first kappa shape index (κ1) is 15.3. The summed E-state index contributed by atoms with van der Waals surface area (Å²) in [4.78, 5) is 0. The molecule has 5 heteroatoms. The fourth-order valence-corrected chi connectivity index (χ4v) is 4.76. The number of nitrogens with one attached hydrogen (secondary N) is 2. The number of hydrogen-bond acceptors (Lipinski definition) is 3. The molecular weight excluding hydrogens is 260 g/mol. The van der Waals surface area contributed by atoms with Crippen molar-refractivity contribution in [2.24, 2.45) is 5.41 Å². The third kappa shape index (κ3) is 5.04. The minimum absolute atomic E-state index is 0.144. The van der Waals surface area contributed by atoms with Crippen molar-refractivity contribution >= 4 is 10.0 Å². The maximum Gasteiger partial charge on any atom is 0.213 e. The third-order valence-corrected chi connectivity index (χ3v) is 6.04. The summed E-state index contributed by atoms with van der Waals surface area (Å²) in [5.41, 5.74) is 0.172. The van der Waals surface area contributed by atoms with Crippen LogP contribution in [0.4, 0.5) is 0 Å². The normalized spacial score (nSPS) is 28.2. The zero-order valence-corrected chi connectivity index (χ0v) is 12.9. The van der Waals surface area contributed by atoms with Crippen molar-refractivity contribution in [2.45, 2.75) is 64.3 Å². The molecule has 0 amide bonds. The van der Waals surface area contributed by atoms with Crippen molar-refractivity contribution < 1.29 is 8.42 Å². The molecule has 0 aromatic rings. The van der Waals surface area contributed by atoms with Gasteiger partial charge in [-0.15, -0.1) is 0 Å². The minimum atomic E-state index is -3.13. The Hall–Kier alpha value is -0.130. The molecule has 2 rings (SSSR count). The smallest absolute Gasteiger partial charge is 0.213 e. The second-order valence-corrected chi connectivity index (χ2v) is 8.47. The Labute approximate surface area is 117 Å². The Morgan fingerprint density at radius 2 is 1.89 bits per heavy atom. The van der Waals surface area contributed by atoms with E-state index in [4.69, 9.17) is 0 Å². The standard InChI is InChI=1S/C14H28N2O2S/c1-14(8-4-2-5-9-14)12-16-19(17,18)11-13-7-3-6-10-15-13/h13,15-16H,2-12H2,1H3. The van der Waals surface area contributed by atoms with E-state index in [9.17, 15) is 8.42 Å². The van der Waals surface area contributed by atoms with Crippen molar-refractivity contribution in [3.8, 4) is 0 Å². The molecule has 0 spiro atoms. The van der Waals surface area contributed by atoms with E-state index >= 15 is 0 Å². The van der Waals surface area contributed by atoms with Crippen molar-refractivity contribution in [2.75, 3.05) is 18.8 Å². The SMILES string of the molecule is CC1(CNS(=O)(=O)CC2CCCCN2)CCCCC1. The molecule has 112 valence electrons. The van der Waals surface area contributed by atoms with Gasteiger partial charge in [0.1, 0.15) is 0 Å². The molecule has 1 aliphatic heterocycles. The first-order valence-electron chi connectivity index (χ1n) is 7.70. The summed E-state index contributed by atoms with van der Waals surface area (Å²) >= 11 is 0. The van der Waals surface area contributed by atoms with Gasteiger partial charge < -0.3 is 5.32 Å². The van der Waals surface area contributed by atoms with Crippen LogP contribution in [0.1, 0.15) is 58.3 Å². The summed E-state index contributed by atoms with van der Waals surface area (Å²) in [6, 6.07) is 0.144. The van der Waals surface area contributed by atoms with Gasteiger partial charge in [-0.05, 0) is 37.6 Å². The highest BCUT2D eigenvalue weighted by Gasteiger charge is 2.29. The molecule has 1 aliphatic carbocycles. The minimum Gasteiger partial charge on any atom is -0.313 e. The van der Waals surface area contributed by atoms with E-state index in [1.54, 1.807) is 0 Å². The van der Waals surface area contributed by atoms with E-state index in [-0.39, 0.29) is 17.2 Å². The average molecular weight is 288 g/mol.